The van der Waals surface area contributed by atoms with E-state index in [1.165, 1.54) is 77.0 Å². The van der Waals surface area contributed by atoms with Gasteiger partial charge >= 0.3 is 0 Å². The summed E-state index contributed by atoms with van der Waals surface area (Å²) in [6, 6.07) is 0. The third-order valence-electron chi connectivity index (χ3n) is 4.32. The van der Waals surface area contributed by atoms with Crippen molar-refractivity contribution in [1.82, 2.24) is 0 Å². The van der Waals surface area contributed by atoms with Crippen molar-refractivity contribution in [2.45, 2.75) is 87.5 Å². The number of hydrogen-bond acceptors (Lipinski definition) is 1. The van der Waals surface area contributed by atoms with Crippen LogP contribution in [0.15, 0.2) is 0 Å². The molecule has 0 spiro atoms. The number of nitrogens with one attached hydrogen (secondary N) is 1. The summed E-state index contributed by atoms with van der Waals surface area (Å²) >= 11 is 0. The van der Waals surface area contributed by atoms with Crippen LogP contribution < -0.4 is 0 Å². The molecule has 0 aromatic carbocycles. The molecule has 0 heterocycles. The highest BCUT2D eigenvalue weighted by Crippen LogP contribution is 2.29. The summed E-state index contributed by atoms with van der Waals surface area (Å²) in [6.45, 7) is 0. The lowest BCUT2D eigenvalue weighted by molar-refractivity contribution is 0.675. The van der Waals surface area contributed by atoms with Crippen LogP contribution in [0.25, 0.3) is 0 Å². The van der Waals surface area contributed by atoms with E-state index in [0.29, 0.717) is 0 Å². The summed E-state index contributed by atoms with van der Waals surface area (Å²) in [6.07, 6.45) is 16.8. The van der Waals surface area contributed by atoms with Gasteiger partial charge in [-0.05, 0) is 25.7 Å². The van der Waals surface area contributed by atoms with E-state index in [9.17, 15) is 0 Å². The monoisotopic (exact) mass is 241 g/mol. The first-order valence-corrected chi connectivity index (χ1v) is 8.66. The predicted octanol–water partition coefficient (Wildman–Crippen LogP) is 4.81. The molecule has 94 valence electrons. The van der Waals surface area contributed by atoms with E-state index in [-0.39, 0.29) is 10.7 Å². The fourth-order valence-electron chi connectivity index (χ4n) is 3.26. The molecule has 2 heteroatoms. The van der Waals surface area contributed by atoms with E-state index in [1.807, 2.05) is 0 Å². The molecule has 2 saturated carbocycles. The van der Waals surface area contributed by atoms with Gasteiger partial charge in [0.05, 0.1) is 0 Å². The zero-order valence-electron chi connectivity index (χ0n) is 10.5. The van der Waals surface area contributed by atoms with Crippen LogP contribution in [0.2, 0.25) is 0 Å². The van der Waals surface area contributed by atoms with Gasteiger partial charge in [0.25, 0.3) is 0 Å². The molecule has 0 unspecified atom stereocenters. The summed E-state index contributed by atoms with van der Waals surface area (Å²) in [5.41, 5.74) is 0. The lowest BCUT2D eigenvalue weighted by atomic mass is 10.2. The largest absolute Gasteiger partial charge is 0.280 e. The molecule has 0 bridgehead atoms. The fraction of sp³-hybridized carbons (Fsp3) is 1.00. The molecule has 16 heavy (non-hydrogen) atoms. The van der Waals surface area contributed by atoms with Gasteiger partial charge in [-0.25, -0.2) is 0 Å². The molecular weight excluding hydrogens is 214 g/mol. The van der Waals surface area contributed by atoms with E-state index in [1.54, 1.807) is 0 Å². The molecule has 1 N–H and O–H groups in total. The molecule has 2 aliphatic carbocycles. The van der Waals surface area contributed by atoms with Crippen molar-refractivity contribution in [2.75, 3.05) is 0 Å². The third kappa shape index (κ3) is 3.58. The Morgan fingerprint density at radius 3 is 1.19 bits per heavy atom. The Balaban J connectivity index is 1.88. The van der Waals surface area contributed by atoms with Gasteiger partial charge < -0.3 is 0 Å². The Labute approximate surface area is 103 Å². The molecule has 1 nitrogen and oxygen atoms in total. The van der Waals surface area contributed by atoms with Crippen LogP contribution in [0.1, 0.15) is 77.0 Å². The molecule has 0 aliphatic heterocycles. The van der Waals surface area contributed by atoms with Crippen molar-refractivity contribution < 1.29 is 0 Å². The van der Waals surface area contributed by atoms with Gasteiger partial charge in [0.1, 0.15) is 0 Å². The van der Waals surface area contributed by atoms with Gasteiger partial charge in [0.15, 0.2) is 0 Å². The Morgan fingerprint density at radius 1 is 0.562 bits per heavy atom. The first kappa shape index (κ1) is 12.6. The molecule has 0 amide bonds. The smallest absolute Gasteiger partial charge is 0.0155 e. The van der Waals surface area contributed by atoms with Gasteiger partial charge in [-0.3, -0.25) is 4.78 Å². The van der Waals surface area contributed by atoms with Gasteiger partial charge in [0, 0.05) is 10.5 Å². The van der Waals surface area contributed by atoms with E-state index in [2.05, 4.69) is 0 Å². The van der Waals surface area contributed by atoms with Crippen molar-refractivity contribution in [2.24, 2.45) is 0 Å². The second-order valence-electron chi connectivity index (χ2n) is 5.60. The van der Waals surface area contributed by atoms with Crippen LogP contribution in [0.4, 0.5) is 0 Å². The maximum Gasteiger partial charge on any atom is 0.0155 e. The zero-order valence-corrected chi connectivity index (χ0v) is 11.4. The first-order valence-electron chi connectivity index (χ1n) is 7.31. The lowest BCUT2D eigenvalue weighted by Crippen LogP contribution is -2.24. The predicted molar refractivity (Wildman–Crippen MR) is 73.1 cm³/mol. The summed E-state index contributed by atoms with van der Waals surface area (Å²) in [5, 5.41) is 1.54. The van der Waals surface area contributed by atoms with Crippen molar-refractivity contribution in [3.05, 3.63) is 0 Å². The van der Waals surface area contributed by atoms with E-state index >= 15 is 0 Å². The topological polar surface area (TPSA) is 23.9 Å². The standard InChI is InChI=1S/C14H27NS/c15-16(13-9-5-1-2-6-10-13)14-11-7-3-4-8-12-14/h13-15H,1-12H2. The molecule has 0 aromatic rings. The Hall–Kier alpha value is 0.150. The van der Waals surface area contributed by atoms with Crippen LogP contribution in [-0.4, -0.2) is 10.5 Å². The molecule has 0 radical (unpaired) electrons. The summed E-state index contributed by atoms with van der Waals surface area (Å²) in [5.74, 6) is 0. The van der Waals surface area contributed by atoms with Crippen molar-refractivity contribution in [1.29, 1.82) is 4.78 Å². The van der Waals surface area contributed by atoms with Crippen LogP contribution in [0, 0.1) is 4.78 Å². The molecule has 2 rings (SSSR count). The molecular formula is C14H27NS. The van der Waals surface area contributed by atoms with Gasteiger partial charge in [-0.1, -0.05) is 62.1 Å². The first-order chi connectivity index (χ1) is 7.88. The minimum absolute atomic E-state index is 0.0151. The molecule has 0 aromatic heterocycles. The van der Waals surface area contributed by atoms with Gasteiger partial charge in [-0.2, -0.15) is 0 Å². The van der Waals surface area contributed by atoms with Gasteiger partial charge in [0.2, 0.25) is 0 Å². The fourth-order valence-corrected chi connectivity index (χ4v) is 5.49. The van der Waals surface area contributed by atoms with Crippen LogP contribution in [0.3, 0.4) is 0 Å². The number of hydrogen-bond donors (Lipinski definition) is 1. The summed E-state index contributed by atoms with van der Waals surface area (Å²) in [4.78, 5) is 0. The van der Waals surface area contributed by atoms with E-state index < -0.39 is 0 Å². The normalized spacial score (nSPS) is 26.6. The van der Waals surface area contributed by atoms with E-state index in [4.69, 9.17) is 4.78 Å². The van der Waals surface area contributed by atoms with Gasteiger partial charge in [-0.15, -0.1) is 0 Å². The maximum atomic E-state index is 8.58. The average molecular weight is 241 g/mol. The summed E-state index contributed by atoms with van der Waals surface area (Å²) in [7, 11) is -0.0151. The van der Waals surface area contributed by atoms with Crippen molar-refractivity contribution >= 4 is 10.7 Å². The maximum absolute atomic E-state index is 8.58. The quantitative estimate of drug-likeness (QED) is 0.671. The van der Waals surface area contributed by atoms with Crippen LogP contribution >= 0.6 is 0 Å². The molecule has 0 atom stereocenters. The second kappa shape index (κ2) is 6.78. The van der Waals surface area contributed by atoms with Crippen LogP contribution in [-0.2, 0) is 10.7 Å². The van der Waals surface area contributed by atoms with Crippen molar-refractivity contribution in [3.63, 3.8) is 0 Å². The Kier molecular flexibility index (Phi) is 5.34. The Morgan fingerprint density at radius 2 is 0.875 bits per heavy atom. The highest BCUT2D eigenvalue weighted by atomic mass is 32.2. The molecule has 0 saturated heterocycles. The minimum atomic E-state index is -0.0151. The summed E-state index contributed by atoms with van der Waals surface area (Å²) < 4.78 is 8.58. The van der Waals surface area contributed by atoms with Crippen LogP contribution in [0.5, 0.6) is 0 Å². The molecule has 2 fully saturated rings. The molecule has 2 aliphatic rings. The highest BCUT2D eigenvalue weighted by molar-refractivity contribution is 7.87. The highest BCUT2D eigenvalue weighted by Gasteiger charge is 2.23. The third-order valence-corrected chi connectivity index (χ3v) is 6.70. The number of rotatable bonds is 2. The lowest BCUT2D eigenvalue weighted by Gasteiger charge is -2.24. The zero-order chi connectivity index (χ0) is 11.2. The second-order valence-corrected chi connectivity index (χ2v) is 7.68. The van der Waals surface area contributed by atoms with E-state index in [0.717, 1.165) is 10.5 Å². The van der Waals surface area contributed by atoms with Crippen molar-refractivity contribution in [3.8, 4) is 0 Å². The SMILES string of the molecule is N=S(C1CCCCCC1)C1CCCCCC1. The minimum Gasteiger partial charge on any atom is -0.280 e. The Bertz CT molecular complexity index is 189. The average Bonchev–Trinajstić information content (AvgIpc) is 2.73.